The van der Waals surface area contributed by atoms with E-state index in [0.717, 1.165) is 10.5 Å². The molecule has 232 valence electrons. The number of hydrogen-bond acceptors (Lipinski definition) is 9. The molecule has 1 aromatic heterocycles. The Kier molecular flexibility index (Phi) is 8.87. The number of nitrogens with one attached hydrogen (secondary N) is 1. The van der Waals surface area contributed by atoms with Crippen LogP contribution in [0.25, 0.3) is 11.3 Å². The molecular weight excluding hydrogens is 596 g/mol. The number of carbonyl (C=O) groups excluding carboxylic acids is 4. The first-order valence-corrected chi connectivity index (χ1v) is 14.8. The van der Waals surface area contributed by atoms with Crippen LogP contribution in [0.15, 0.2) is 72.1 Å². The third-order valence-electron chi connectivity index (χ3n) is 7.59. The van der Waals surface area contributed by atoms with Gasteiger partial charge in [0.15, 0.2) is 0 Å². The van der Waals surface area contributed by atoms with E-state index in [0.29, 0.717) is 39.3 Å². The fourth-order valence-corrected chi connectivity index (χ4v) is 5.73. The van der Waals surface area contributed by atoms with Gasteiger partial charge in [-0.25, -0.2) is 4.98 Å². The highest BCUT2D eigenvalue weighted by atomic mass is 32.1. The molecule has 45 heavy (non-hydrogen) atoms. The Morgan fingerprint density at radius 1 is 0.933 bits per heavy atom. The van der Waals surface area contributed by atoms with E-state index in [1.165, 1.54) is 30.5 Å². The molecule has 1 aliphatic rings. The number of nitrogens with zero attached hydrogens (tertiary/aromatic N) is 3. The Balaban J connectivity index is 1.46. The smallest absolute Gasteiger partial charge is 0.299 e. The Bertz CT molecular complexity index is 1770. The van der Waals surface area contributed by atoms with E-state index in [4.69, 9.17) is 19.2 Å². The minimum atomic E-state index is -1.44. The first-order chi connectivity index (χ1) is 21.6. The van der Waals surface area contributed by atoms with Crippen LogP contribution in [0, 0.1) is 0 Å². The second-order valence-corrected chi connectivity index (χ2v) is 11.6. The number of anilines is 2. The van der Waals surface area contributed by atoms with Gasteiger partial charge in [-0.3, -0.25) is 24.1 Å². The molecule has 1 aliphatic heterocycles. The summed E-state index contributed by atoms with van der Waals surface area (Å²) in [6.45, 7) is 2.75. The van der Waals surface area contributed by atoms with E-state index in [1.807, 2.05) is 29.6 Å². The first kappa shape index (κ1) is 31.2. The number of fused-ring (bicyclic) bond motifs is 1. The SMILES string of the molecule is COc1ccc(-c2csc(CN(C(=O)CN3C(=O)C(=O)c4ccccc43)C(C)(C)C(=O)Nc3ccc(OC)cc3OC)n2)cc1. The normalized spacial score (nSPS) is 12.5. The summed E-state index contributed by atoms with van der Waals surface area (Å²) < 4.78 is 15.9. The van der Waals surface area contributed by atoms with Crippen molar-refractivity contribution in [3.63, 3.8) is 0 Å². The van der Waals surface area contributed by atoms with Crippen molar-refractivity contribution in [2.75, 3.05) is 38.1 Å². The Morgan fingerprint density at radius 2 is 1.62 bits per heavy atom. The Labute approximate surface area is 264 Å². The van der Waals surface area contributed by atoms with Crippen molar-refractivity contribution >= 4 is 46.2 Å². The van der Waals surface area contributed by atoms with Gasteiger partial charge in [-0.1, -0.05) is 12.1 Å². The fraction of sp³-hybridized carbons (Fsp3) is 0.242. The maximum absolute atomic E-state index is 14.1. The third-order valence-corrected chi connectivity index (χ3v) is 8.43. The van der Waals surface area contributed by atoms with Crippen molar-refractivity contribution in [3.05, 3.63) is 82.7 Å². The molecule has 3 aromatic carbocycles. The molecule has 0 atom stereocenters. The molecule has 0 saturated carbocycles. The van der Waals surface area contributed by atoms with Crippen molar-refractivity contribution < 1.29 is 33.4 Å². The summed E-state index contributed by atoms with van der Waals surface area (Å²) in [5, 5.41) is 5.30. The summed E-state index contributed by atoms with van der Waals surface area (Å²) in [5.74, 6) is -0.904. The first-order valence-electron chi connectivity index (χ1n) is 14.0. The molecule has 0 bridgehead atoms. The van der Waals surface area contributed by atoms with Gasteiger partial charge in [-0.2, -0.15) is 0 Å². The number of thiazole rings is 1. The molecule has 4 aromatic rings. The van der Waals surface area contributed by atoms with Crippen LogP contribution in [0.5, 0.6) is 17.2 Å². The van der Waals surface area contributed by atoms with Gasteiger partial charge in [0.2, 0.25) is 11.8 Å². The minimum absolute atomic E-state index is 0.0303. The lowest BCUT2D eigenvalue weighted by Gasteiger charge is -2.37. The number of benzene rings is 3. The zero-order chi connectivity index (χ0) is 32.3. The average molecular weight is 629 g/mol. The lowest BCUT2D eigenvalue weighted by molar-refractivity contribution is -0.143. The number of ether oxygens (including phenoxy) is 3. The van der Waals surface area contributed by atoms with Gasteiger partial charge in [0.1, 0.15) is 34.3 Å². The predicted molar refractivity (Wildman–Crippen MR) is 170 cm³/mol. The summed E-state index contributed by atoms with van der Waals surface area (Å²) in [6.07, 6.45) is 0. The van der Waals surface area contributed by atoms with Crippen LogP contribution in [0.3, 0.4) is 0 Å². The summed E-state index contributed by atoms with van der Waals surface area (Å²) in [6, 6.07) is 18.9. The average Bonchev–Trinajstić information content (AvgIpc) is 3.62. The molecule has 0 aliphatic carbocycles. The van der Waals surface area contributed by atoms with E-state index in [-0.39, 0.29) is 12.1 Å². The molecule has 3 amide bonds. The fourth-order valence-electron chi connectivity index (χ4n) is 4.94. The van der Waals surface area contributed by atoms with Gasteiger partial charge >= 0.3 is 0 Å². The molecule has 5 rings (SSSR count). The van der Waals surface area contributed by atoms with Gasteiger partial charge in [-0.15, -0.1) is 11.3 Å². The van der Waals surface area contributed by atoms with Crippen LogP contribution in [0.2, 0.25) is 0 Å². The lowest BCUT2D eigenvalue weighted by Crippen LogP contribution is -2.57. The largest absolute Gasteiger partial charge is 0.497 e. The molecule has 0 radical (unpaired) electrons. The van der Waals surface area contributed by atoms with E-state index < -0.39 is 35.6 Å². The molecule has 2 heterocycles. The number of aromatic nitrogens is 1. The molecule has 0 fully saturated rings. The molecular formula is C33H32N4O7S. The van der Waals surface area contributed by atoms with Crippen LogP contribution in [-0.2, 0) is 20.9 Å². The molecule has 11 nitrogen and oxygen atoms in total. The van der Waals surface area contributed by atoms with Crippen molar-refractivity contribution in [2.24, 2.45) is 0 Å². The molecule has 1 N–H and O–H groups in total. The van der Waals surface area contributed by atoms with Crippen LogP contribution in [-0.4, -0.2) is 66.8 Å². The lowest BCUT2D eigenvalue weighted by atomic mass is 10.0. The monoisotopic (exact) mass is 628 g/mol. The second kappa shape index (κ2) is 12.8. The van der Waals surface area contributed by atoms with Crippen molar-refractivity contribution in [2.45, 2.75) is 25.9 Å². The van der Waals surface area contributed by atoms with Crippen molar-refractivity contribution in [1.29, 1.82) is 0 Å². The van der Waals surface area contributed by atoms with Crippen molar-refractivity contribution in [3.8, 4) is 28.5 Å². The number of para-hydroxylation sites is 1. The zero-order valence-electron chi connectivity index (χ0n) is 25.5. The highest BCUT2D eigenvalue weighted by Crippen LogP contribution is 2.33. The van der Waals surface area contributed by atoms with E-state index in [9.17, 15) is 19.2 Å². The Morgan fingerprint density at radius 3 is 2.31 bits per heavy atom. The van der Waals surface area contributed by atoms with Gasteiger partial charge in [0, 0.05) is 17.0 Å². The highest BCUT2D eigenvalue weighted by Gasteiger charge is 2.42. The Hall–Kier alpha value is -5.23. The summed E-state index contributed by atoms with van der Waals surface area (Å²) in [7, 11) is 4.59. The van der Waals surface area contributed by atoms with Gasteiger partial charge in [0.25, 0.3) is 11.7 Å². The summed E-state index contributed by atoms with van der Waals surface area (Å²) in [5.41, 5.74) is 1.08. The summed E-state index contributed by atoms with van der Waals surface area (Å²) in [4.78, 5) is 60.8. The number of hydrogen-bond donors (Lipinski definition) is 1. The molecule has 12 heteroatoms. The van der Waals surface area contributed by atoms with Crippen LogP contribution in [0.4, 0.5) is 11.4 Å². The predicted octanol–water partition coefficient (Wildman–Crippen LogP) is 4.81. The molecule has 0 unspecified atom stereocenters. The minimum Gasteiger partial charge on any atom is -0.497 e. The number of methoxy groups -OCH3 is 3. The highest BCUT2D eigenvalue weighted by molar-refractivity contribution is 7.09. The standard InChI is InChI=1S/C33H32N4O7S/c1-33(2,32(41)35-24-15-14-22(43-4)16-27(24)44-5)37(17-28-34-25(19-45-28)20-10-12-21(42-3)13-11-20)29(38)18-36-26-9-7-6-8-23(26)30(39)31(36)40/h6-16,19H,17-18H2,1-5H3,(H,35,41). The number of ketones is 1. The maximum Gasteiger partial charge on any atom is 0.299 e. The number of Topliss-reactive ketones (excluding diaryl/α,β-unsaturated/α-hetero) is 1. The number of carbonyl (C=O) groups is 4. The number of amides is 3. The second-order valence-electron chi connectivity index (χ2n) is 10.7. The van der Waals surface area contributed by atoms with E-state index in [1.54, 1.807) is 63.4 Å². The van der Waals surface area contributed by atoms with Crippen molar-refractivity contribution in [1.82, 2.24) is 9.88 Å². The molecule has 0 saturated heterocycles. The van der Waals surface area contributed by atoms with Gasteiger partial charge in [0.05, 0.1) is 50.5 Å². The van der Waals surface area contributed by atoms with E-state index >= 15 is 0 Å². The topological polar surface area (TPSA) is 127 Å². The number of rotatable bonds is 11. The van der Waals surface area contributed by atoms with Gasteiger partial charge in [-0.05, 0) is 62.4 Å². The van der Waals surface area contributed by atoms with Gasteiger partial charge < -0.3 is 24.4 Å². The van der Waals surface area contributed by atoms with Crippen LogP contribution < -0.4 is 24.4 Å². The summed E-state index contributed by atoms with van der Waals surface area (Å²) >= 11 is 1.34. The quantitative estimate of drug-likeness (QED) is 0.235. The van der Waals surface area contributed by atoms with Crippen LogP contribution in [0.1, 0.15) is 29.2 Å². The third kappa shape index (κ3) is 6.22. The maximum atomic E-state index is 14.1. The van der Waals surface area contributed by atoms with Crippen LogP contribution >= 0.6 is 11.3 Å². The zero-order valence-corrected chi connectivity index (χ0v) is 26.3. The molecule has 0 spiro atoms. The van der Waals surface area contributed by atoms with E-state index in [2.05, 4.69) is 5.32 Å².